The fourth-order valence-electron chi connectivity index (χ4n) is 2.29. The molecule has 21 heavy (non-hydrogen) atoms. The van der Waals surface area contributed by atoms with Gasteiger partial charge in [-0.3, -0.25) is 9.48 Å². The number of rotatable bonds is 4. The topological polar surface area (TPSA) is 52.7 Å². The molecule has 0 fully saturated rings. The fourth-order valence-corrected chi connectivity index (χ4v) is 2.29. The van der Waals surface area contributed by atoms with Crippen LogP contribution in [0.1, 0.15) is 28.8 Å². The molecule has 2 heterocycles. The van der Waals surface area contributed by atoms with Gasteiger partial charge >= 0.3 is 0 Å². The second-order valence-electron chi connectivity index (χ2n) is 4.79. The predicted octanol–water partition coefficient (Wildman–Crippen LogP) is 2.40. The van der Waals surface area contributed by atoms with E-state index in [4.69, 9.17) is 0 Å². The van der Waals surface area contributed by atoms with Gasteiger partial charge < -0.3 is 0 Å². The van der Waals surface area contributed by atoms with Gasteiger partial charge in [-0.2, -0.15) is 10.2 Å². The van der Waals surface area contributed by atoms with Crippen molar-refractivity contribution >= 4 is 5.78 Å². The zero-order valence-electron chi connectivity index (χ0n) is 12.0. The number of ketones is 1. The van der Waals surface area contributed by atoms with E-state index in [9.17, 15) is 4.79 Å². The first-order valence-electron chi connectivity index (χ1n) is 6.87. The van der Waals surface area contributed by atoms with Crippen LogP contribution in [0, 0.1) is 0 Å². The molecule has 0 aliphatic rings. The average Bonchev–Trinajstić information content (AvgIpc) is 3.14. The molecule has 0 spiro atoms. The van der Waals surface area contributed by atoms with Crippen LogP contribution >= 0.6 is 0 Å². The van der Waals surface area contributed by atoms with Gasteiger partial charge in [-0.25, -0.2) is 4.68 Å². The number of aromatic nitrogens is 4. The summed E-state index contributed by atoms with van der Waals surface area (Å²) in [6.45, 7) is 2.02. The van der Waals surface area contributed by atoms with Gasteiger partial charge in [0.1, 0.15) is 11.4 Å². The minimum Gasteiger partial charge on any atom is -0.285 e. The van der Waals surface area contributed by atoms with Gasteiger partial charge in [0.2, 0.25) is 5.78 Å². The van der Waals surface area contributed by atoms with Crippen LogP contribution in [0.15, 0.2) is 48.7 Å². The summed E-state index contributed by atoms with van der Waals surface area (Å²) in [4.78, 5) is 12.7. The number of benzene rings is 1. The Hall–Kier alpha value is -2.69. The molecular formula is C16H16N4O. The van der Waals surface area contributed by atoms with Gasteiger partial charge in [-0.05, 0) is 30.7 Å². The van der Waals surface area contributed by atoms with Crippen molar-refractivity contribution in [2.24, 2.45) is 7.05 Å². The zero-order valence-corrected chi connectivity index (χ0v) is 12.0. The summed E-state index contributed by atoms with van der Waals surface area (Å²) in [7, 11) is 1.79. The molecule has 0 atom stereocenters. The Balaban J connectivity index is 2.03. The molecule has 2 aromatic heterocycles. The lowest BCUT2D eigenvalue weighted by atomic mass is 10.2. The van der Waals surface area contributed by atoms with Gasteiger partial charge in [0.05, 0.1) is 17.6 Å². The Bertz CT molecular complexity index is 771. The molecule has 0 N–H and O–H groups in total. The first-order valence-corrected chi connectivity index (χ1v) is 6.87. The lowest BCUT2D eigenvalue weighted by molar-refractivity contribution is 0.102. The van der Waals surface area contributed by atoms with Crippen molar-refractivity contribution in [3.8, 4) is 5.69 Å². The van der Waals surface area contributed by atoms with Crippen LogP contribution in [-0.4, -0.2) is 25.3 Å². The summed E-state index contributed by atoms with van der Waals surface area (Å²) < 4.78 is 3.28. The van der Waals surface area contributed by atoms with Gasteiger partial charge in [-0.15, -0.1) is 0 Å². The minimum absolute atomic E-state index is 0.0777. The monoisotopic (exact) mass is 280 g/mol. The summed E-state index contributed by atoms with van der Waals surface area (Å²) in [5, 5.41) is 8.58. The Morgan fingerprint density at radius 1 is 1.14 bits per heavy atom. The van der Waals surface area contributed by atoms with Crippen LogP contribution in [0.4, 0.5) is 0 Å². The van der Waals surface area contributed by atoms with Crippen molar-refractivity contribution in [3.05, 3.63) is 65.7 Å². The third-order valence-electron chi connectivity index (χ3n) is 3.40. The molecular weight excluding hydrogens is 264 g/mol. The van der Waals surface area contributed by atoms with E-state index in [0.29, 0.717) is 11.4 Å². The van der Waals surface area contributed by atoms with Crippen LogP contribution in [0.5, 0.6) is 0 Å². The number of hydrogen-bond acceptors (Lipinski definition) is 3. The Kier molecular flexibility index (Phi) is 3.39. The van der Waals surface area contributed by atoms with Crippen LogP contribution in [0.3, 0.4) is 0 Å². The van der Waals surface area contributed by atoms with Gasteiger partial charge in [0, 0.05) is 7.05 Å². The van der Waals surface area contributed by atoms with Crippen molar-refractivity contribution in [3.63, 3.8) is 0 Å². The number of nitrogens with zero attached hydrogens (tertiary/aromatic N) is 4. The van der Waals surface area contributed by atoms with Crippen molar-refractivity contribution < 1.29 is 4.79 Å². The standard InChI is InChI=1S/C16H16N4O/c1-3-12-11-15(19(2)18-12)16(21)14-9-10-17-20(14)13-7-5-4-6-8-13/h4-11H,3H2,1-2H3. The molecule has 3 aromatic rings. The third-order valence-corrected chi connectivity index (χ3v) is 3.40. The number of hydrogen-bond donors (Lipinski definition) is 0. The maximum atomic E-state index is 12.7. The summed E-state index contributed by atoms with van der Waals surface area (Å²) >= 11 is 0. The molecule has 0 aliphatic carbocycles. The molecule has 3 rings (SSSR count). The first kappa shape index (κ1) is 13.3. The molecule has 1 aromatic carbocycles. The van der Waals surface area contributed by atoms with Crippen LogP contribution in [0.25, 0.3) is 5.69 Å². The second-order valence-corrected chi connectivity index (χ2v) is 4.79. The molecule has 0 unspecified atom stereocenters. The van der Waals surface area contributed by atoms with Gasteiger partial charge in [0.25, 0.3) is 0 Å². The van der Waals surface area contributed by atoms with Gasteiger partial charge in [0.15, 0.2) is 0 Å². The maximum absolute atomic E-state index is 12.7. The molecule has 0 saturated carbocycles. The molecule has 5 heteroatoms. The molecule has 0 amide bonds. The van der Waals surface area contributed by atoms with E-state index in [1.54, 1.807) is 28.7 Å². The van der Waals surface area contributed by atoms with Crippen molar-refractivity contribution in [2.75, 3.05) is 0 Å². The minimum atomic E-state index is -0.0777. The molecule has 5 nitrogen and oxygen atoms in total. The molecule has 0 bridgehead atoms. The van der Waals surface area contributed by atoms with E-state index in [0.717, 1.165) is 17.8 Å². The van der Waals surface area contributed by atoms with E-state index < -0.39 is 0 Å². The van der Waals surface area contributed by atoms with E-state index in [1.165, 1.54) is 0 Å². The summed E-state index contributed by atoms with van der Waals surface area (Å²) in [5.74, 6) is -0.0777. The number of aryl methyl sites for hydroxylation is 2. The predicted molar refractivity (Wildman–Crippen MR) is 79.6 cm³/mol. The van der Waals surface area contributed by atoms with E-state index >= 15 is 0 Å². The molecule has 106 valence electrons. The van der Waals surface area contributed by atoms with Crippen molar-refractivity contribution in [1.29, 1.82) is 0 Å². The normalized spacial score (nSPS) is 10.8. The molecule has 0 aliphatic heterocycles. The number of carbonyl (C=O) groups is 1. The maximum Gasteiger partial charge on any atom is 0.229 e. The lowest BCUT2D eigenvalue weighted by Crippen LogP contribution is -2.13. The van der Waals surface area contributed by atoms with Crippen molar-refractivity contribution in [2.45, 2.75) is 13.3 Å². The molecule has 0 saturated heterocycles. The highest BCUT2D eigenvalue weighted by molar-refractivity contribution is 6.07. The highest BCUT2D eigenvalue weighted by Crippen LogP contribution is 2.15. The third kappa shape index (κ3) is 2.38. The Labute approximate surface area is 122 Å². The summed E-state index contributed by atoms with van der Waals surface area (Å²) in [6.07, 6.45) is 2.44. The number of para-hydroxylation sites is 1. The van der Waals surface area contributed by atoms with E-state index in [-0.39, 0.29) is 5.78 Å². The van der Waals surface area contributed by atoms with Crippen LogP contribution < -0.4 is 0 Å². The highest BCUT2D eigenvalue weighted by atomic mass is 16.1. The van der Waals surface area contributed by atoms with E-state index in [2.05, 4.69) is 10.2 Å². The Morgan fingerprint density at radius 3 is 2.57 bits per heavy atom. The first-order chi connectivity index (χ1) is 10.2. The highest BCUT2D eigenvalue weighted by Gasteiger charge is 2.19. The average molecular weight is 280 g/mol. The largest absolute Gasteiger partial charge is 0.285 e. The van der Waals surface area contributed by atoms with Gasteiger partial charge in [-0.1, -0.05) is 25.1 Å². The number of carbonyl (C=O) groups excluding carboxylic acids is 1. The second kappa shape index (κ2) is 5.36. The quantitative estimate of drug-likeness (QED) is 0.690. The Morgan fingerprint density at radius 2 is 1.90 bits per heavy atom. The zero-order chi connectivity index (χ0) is 14.8. The summed E-state index contributed by atoms with van der Waals surface area (Å²) in [6, 6.07) is 13.2. The SMILES string of the molecule is CCc1cc(C(=O)c2ccnn2-c2ccccc2)n(C)n1. The van der Waals surface area contributed by atoms with E-state index in [1.807, 2.05) is 43.3 Å². The van der Waals surface area contributed by atoms with Crippen molar-refractivity contribution in [1.82, 2.24) is 19.6 Å². The fraction of sp³-hybridized carbons (Fsp3) is 0.188. The smallest absolute Gasteiger partial charge is 0.229 e. The summed E-state index contributed by atoms with van der Waals surface area (Å²) in [5.41, 5.74) is 2.88. The lowest BCUT2D eigenvalue weighted by Gasteiger charge is -2.06. The van der Waals surface area contributed by atoms with Crippen LogP contribution in [-0.2, 0) is 13.5 Å². The van der Waals surface area contributed by atoms with Crippen LogP contribution in [0.2, 0.25) is 0 Å². The molecule has 0 radical (unpaired) electrons.